The Hall–Kier alpha value is -2.18. The molecule has 25 heavy (non-hydrogen) atoms. The molecule has 0 bridgehead atoms. The fourth-order valence-corrected chi connectivity index (χ4v) is 3.45. The minimum Gasteiger partial charge on any atom is -0.351 e. The van der Waals surface area contributed by atoms with Gasteiger partial charge in [-0.2, -0.15) is 0 Å². The highest BCUT2D eigenvalue weighted by Gasteiger charge is 2.29. The molecular weight excluding hydrogens is 398 g/mol. The molecule has 1 amide bonds. The van der Waals surface area contributed by atoms with E-state index in [9.17, 15) is 4.79 Å². The molecule has 0 saturated carbocycles. The van der Waals surface area contributed by atoms with Gasteiger partial charge in [-0.15, -0.1) is 0 Å². The third-order valence-corrected chi connectivity index (χ3v) is 4.72. The molecule has 2 aromatic carbocycles. The summed E-state index contributed by atoms with van der Waals surface area (Å²) in [6.07, 6.45) is 0. The first-order valence-corrected chi connectivity index (χ1v) is 9.06. The van der Waals surface area contributed by atoms with Crippen molar-refractivity contribution in [2.24, 2.45) is 0 Å². The molecule has 0 fully saturated rings. The summed E-state index contributed by atoms with van der Waals surface area (Å²) < 4.78 is 0.951. The predicted octanol–water partition coefficient (Wildman–Crippen LogP) is 4.19. The second-order valence-electron chi connectivity index (χ2n) is 5.95. The molecule has 0 spiro atoms. The molecule has 0 radical (unpaired) electrons. The van der Waals surface area contributed by atoms with Gasteiger partial charge in [-0.25, -0.2) is 0 Å². The smallest absolute Gasteiger partial charge is 0.255 e. The lowest BCUT2D eigenvalue weighted by molar-refractivity contribution is -0.113. The van der Waals surface area contributed by atoms with Crippen molar-refractivity contribution < 1.29 is 4.79 Å². The van der Waals surface area contributed by atoms with Crippen LogP contribution in [0.15, 0.2) is 64.3 Å². The van der Waals surface area contributed by atoms with E-state index < -0.39 is 0 Å². The van der Waals surface area contributed by atoms with E-state index in [2.05, 4.69) is 31.9 Å². The maximum Gasteiger partial charge on any atom is 0.255 e. The van der Waals surface area contributed by atoms with Crippen LogP contribution < -0.4 is 16.0 Å². The number of rotatable bonds is 3. The highest BCUT2D eigenvalue weighted by atomic mass is 79.9. The van der Waals surface area contributed by atoms with Crippen LogP contribution in [0.3, 0.4) is 0 Å². The Morgan fingerprint density at radius 1 is 1.16 bits per heavy atom. The molecule has 0 saturated heterocycles. The number of nitrogens with one attached hydrogen (secondary N) is 3. The van der Waals surface area contributed by atoms with Crippen molar-refractivity contribution in [3.8, 4) is 0 Å². The molecule has 3 N–H and O–H groups in total. The summed E-state index contributed by atoms with van der Waals surface area (Å²) in [5.74, 6) is -0.158. The zero-order valence-electron chi connectivity index (χ0n) is 13.9. The zero-order chi connectivity index (χ0) is 18.0. The van der Waals surface area contributed by atoms with E-state index in [1.165, 1.54) is 0 Å². The molecule has 1 heterocycles. The third kappa shape index (κ3) is 4.08. The molecule has 0 aliphatic carbocycles. The maximum absolute atomic E-state index is 12.9. The summed E-state index contributed by atoms with van der Waals surface area (Å²) in [6.45, 7) is 3.87. The predicted molar refractivity (Wildman–Crippen MR) is 108 cm³/mol. The molecule has 3 rings (SSSR count). The molecule has 1 aliphatic rings. The third-order valence-electron chi connectivity index (χ3n) is 4.01. The fraction of sp³-hybridized carbons (Fsp3) is 0.158. The van der Waals surface area contributed by atoms with Gasteiger partial charge >= 0.3 is 0 Å². The van der Waals surface area contributed by atoms with Crippen LogP contribution >= 0.6 is 28.1 Å². The summed E-state index contributed by atoms with van der Waals surface area (Å²) in [5, 5.41) is 9.72. The first kappa shape index (κ1) is 17.6. The average molecular weight is 416 g/mol. The van der Waals surface area contributed by atoms with E-state index in [4.69, 9.17) is 12.2 Å². The number of benzene rings is 2. The van der Waals surface area contributed by atoms with Gasteiger partial charge in [0.05, 0.1) is 11.6 Å². The van der Waals surface area contributed by atoms with E-state index in [0.29, 0.717) is 10.7 Å². The normalized spacial score (nSPS) is 16.9. The Kier molecular flexibility index (Phi) is 5.20. The van der Waals surface area contributed by atoms with E-state index in [-0.39, 0.29) is 11.9 Å². The Morgan fingerprint density at radius 3 is 2.56 bits per heavy atom. The van der Waals surface area contributed by atoms with Crippen molar-refractivity contribution >= 4 is 44.9 Å². The molecule has 1 aliphatic heterocycles. The van der Waals surface area contributed by atoms with Crippen molar-refractivity contribution in [3.63, 3.8) is 0 Å². The second-order valence-corrected chi connectivity index (χ2v) is 7.27. The Balaban J connectivity index is 1.94. The van der Waals surface area contributed by atoms with E-state index in [1.54, 1.807) is 0 Å². The van der Waals surface area contributed by atoms with Gasteiger partial charge in [0.1, 0.15) is 0 Å². The standard InChI is InChI=1S/C19H18BrN3OS/c1-11-6-8-15(9-7-11)22-18(24)16-12(2)21-19(25)23-17(16)13-4-3-5-14(20)10-13/h3-10,17H,1-2H3,(H,22,24)(H2,21,23,25). The van der Waals surface area contributed by atoms with Crippen LogP contribution in [-0.2, 0) is 4.79 Å². The lowest BCUT2D eigenvalue weighted by Gasteiger charge is -2.30. The number of hydrogen-bond acceptors (Lipinski definition) is 2. The number of amides is 1. The number of halogens is 1. The van der Waals surface area contributed by atoms with Crippen LogP contribution in [0.4, 0.5) is 5.69 Å². The summed E-state index contributed by atoms with van der Waals surface area (Å²) in [7, 11) is 0. The number of hydrogen-bond donors (Lipinski definition) is 3. The number of aryl methyl sites for hydroxylation is 1. The molecule has 1 unspecified atom stereocenters. The van der Waals surface area contributed by atoms with E-state index in [1.807, 2.05) is 62.4 Å². The lowest BCUT2D eigenvalue weighted by atomic mass is 9.95. The Morgan fingerprint density at radius 2 is 1.88 bits per heavy atom. The molecule has 6 heteroatoms. The van der Waals surface area contributed by atoms with Crippen LogP contribution in [0.5, 0.6) is 0 Å². The minimum absolute atomic E-state index is 0.158. The van der Waals surface area contributed by atoms with Crippen molar-refractivity contribution in [3.05, 3.63) is 75.4 Å². The fourth-order valence-electron chi connectivity index (χ4n) is 2.77. The molecule has 2 aromatic rings. The lowest BCUT2D eigenvalue weighted by Crippen LogP contribution is -2.45. The van der Waals surface area contributed by atoms with Gasteiger partial charge in [0.2, 0.25) is 0 Å². The average Bonchev–Trinajstić information content (AvgIpc) is 2.56. The SMILES string of the molecule is CC1=C(C(=O)Nc2ccc(C)cc2)C(c2cccc(Br)c2)NC(=S)N1. The highest BCUT2D eigenvalue weighted by molar-refractivity contribution is 9.10. The summed E-state index contributed by atoms with van der Waals surface area (Å²) in [4.78, 5) is 12.9. The molecule has 4 nitrogen and oxygen atoms in total. The van der Waals surface area contributed by atoms with Crippen LogP contribution in [0.2, 0.25) is 0 Å². The summed E-state index contributed by atoms with van der Waals surface area (Å²) in [6, 6.07) is 15.3. The summed E-state index contributed by atoms with van der Waals surface area (Å²) >= 11 is 8.76. The highest BCUT2D eigenvalue weighted by Crippen LogP contribution is 2.29. The Labute approximate surface area is 160 Å². The number of thiocarbonyl (C=S) groups is 1. The molecular formula is C19H18BrN3OS. The number of allylic oxidation sites excluding steroid dienone is 1. The number of carbonyl (C=O) groups excluding carboxylic acids is 1. The second kappa shape index (κ2) is 7.37. The van der Waals surface area contributed by atoms with Crippen LogP contribution in [0.1, 0.15) is 24.1 Å². The van der Waals surface area contributed by atoms with Crippen LogP contribution in [0, 0.1) is 6.92 Å². The number of anilines is 1. The van der Waals surface area contributed by atoms with Crippen LogP contribution in [-0.4, -0.2) is 11.0 Å². The first-order chi connectivity index (χ1) is 11.9. The van der Waals surface area contributed by atoms with Crippen molar-refractivity contribution in [2.75, 3.05) is 5.32 Å². The Bertz CT molecular complexity index is 861. The minimum atomic E-state index is -0.309. The quantitative estimate of drug-likeness (QED) is 0.657. The van der Waals surface area contributed by atoms with Crippen molar-refractivity contribution in [1.29, 1.82) is 0 Å². The van der Waals surface area contributed by atoms with Gasteiger partial charge in [-0.05, 0) is 55.9 Å². The van der Waals surface area contributed by atoms with Gasteiger partial charge in [0.15, 0.2) is 5.11 Å². The molecule has 128 valence electrons. The monoisotopic (exact) mass is 415 g/mol. The van der Waals surface area contributed by atoms with Gasteiger partial charge in [0, 0.05) is 15.9 Å². The van der Waals surface area contributed by atoms with Crippen LogP contribution in [0.25, 0.3) is 0 Å². The van der Waals surface area contributed by atoms with E-state index >= 15 is 0 Å². The van der Waals surface area contributed by atoms with Gasteiger partial charge < -0.3 is 16.0 Å². The first-order valence-electron chi connectivity index (χ1n) is 7.86. The van der Waals surface area contributed by atoms with Crippen molar-refractivity contribution in [1.82, 2.24) is 10.6 Å². The maximum atomic E-state index is 12.9. The largest absolute Gasteiger partial charge is 0.351 e. The van der Waals surface area contributed by atoms with Gasteiger partial charge in [-0.1, -0.05) is 45.8 Å². The number of carbonyl (C=O) groups is 1. The summed E-state index contributed by atoms with van der Waals surface area (Å²) in [5.41, 5.74) is 4.24. The molecule has 1 atom stereocenters. The molecule has 0 aromatic heterocycles. The van der Waals surface area contributed by atoms with Crippen molar-refractivity contribution in [2.45, 2.75) is 19.9 Å². The van der Waals surface area contributed by atoms with Gasteiger partial charge in [0.25, 0.3) is 5.91 Å². The zero-order valence-corrected chi connectivity index (χ0v) is 16.3. The van der Waals surface area contributed by atoms with Gasteiger partial charge in [-0.3, -0.25) is 4.79 Å². The topological polar surface area (TPSA) is 53.2 Å². The van der Waals surface area contributed by atoms with E-state index in [0.717, 1.165) is 27.0 Å².